The highest BCUT2D eigenvalue weighted by molar-refractivity contribution is 6.02. The van der Waals surface area contributed by atoms with Crippen LogP contribution < -0.4 is 5.56 Å². The monoisotopic (exact) mass is 315 g/mol. The molecule has 23 heavy (non-hydrogen) atoms. The lowest BCUT2D eigenvalue weighted by molar-refractivity contribution is -0.138. The van der Waals surface area contributed by atoms with Gasteiger partial charge in [0, 0.05) is 18.5 Å². The Kier molecular flexibility index (Phi) is 4.10. The predicted octanol–water partition coefficient (Wildman–Crippen LogP) is 1.09. The fourth-order valence-electron chi connectivity index (χ4n) is 2.73. The highest BCUT2D eigenvalue weighted by Crippen LogP contribution is 2.15. The van der Waals surface area contributed by atoms with Crippen LogP contribution in [0.3, 0.4) is 0 Å². The third-order valence-electron chi connectivity index (χ3n) is 3.94. The van der Waals surface area contributed by atoms with Gasteiger partial charge >= 0.3 is 5.97 Å². The molecule has 1 aliphatic rings. The van der Waals surface area contributed by atoms with Crippen molar-refractivity contribution in [3.8, 4) is 0 Å². The number of fused-ring (bicyclic) bond motifs is 1. The molecule has 1 aliphatic heterocycles. The van der Waals surface area contributed by atoms with Crippen molar-refractivity contribution in [2.75, 3.05) is 13.1 Å². The SMILES string of the molecule is C[C@@H](OC(=O)c1n[nH]c(=O)c2ccccc12)C(=O)N1CCCC1. The first-order valence-corrected chi connectivity index (χ1v) is 7.55. The molecule has 1 fully saturated rings. The number of amides is 1. The quantitative estimate of drug-likeness (QED) is 0.856. The zero-order valence-corrected chi connectivity index (χ0v) is 12.7. The molecule has 1 atom stereocenters. The number of aromatic amines is 1. The van der Waals surface area contributed by atoms with Crippen LogP contribution in [0.1, 0.15) is 30.3 Å². The summed E-state index contributed by atoms with van der Waals surface area (Å²) in [5, 5.41) is 6.82. The molecule has 1 aromatic heterocycles. The number of likely N-dealkylation sites (tertiary alicyclic amines) is 1. The van der Waals surface area contributed by atoms with Crippen molar-refractivity contribution in [2.45, 2.75) is 25.9 Å². The maximum atomic E-state index is 12.3. The average molecular weight is 315 g/mol. The summed E-state index contributed by atoms with van der Waals surface area (Å²) in [6.07, 6.45) is 1.06. The Bertz CT molecular complexity index is 808. The molecular formula is C16H17N3O4. The Hall–Kier alpha value is -2.70. The molecule has 0 bridgehead atoms. The van der Waals surface area contributed by atoms with Crippen molar-refractivity contribution < 1.29 is 14.3 Å². The number of esters is 1. The molecule has 1 saturated heterocycles. The molecular weight excluding hydrogens is 298 g/mol. The van der Waals surface area contributed by atoms with Gasteiger partial charge in [-0.2, -0.15) is 5.10 Å². The summed E-state index contributed by atoms with van der Waals surface area (Å²) in [6.45, 7) is 2.94. The number of H-pyrrole nitrogens is 1. The van der Waals surface area contributed by atoms with Crippen LogP contribution in [0.25, 0.3) is 10.8 Å². The van der Waals surface area contributed by atoms with Gasteiger partial charge in [-0.3, -0.25) is 9.59 Å². The van der Waals surface area contributed by atoms with Crippen molar-refractivity contribution in [1.82, 2.24) is 15.1 Å². The Morgan fingerprint density at radius 2 is 1.87 bits per heavy atom. The number of rotatable bonds is 3. The van der Waals surface area contributed by atoms with Crippen molar-refractivity contribution in [2.24, 2.45) is 0 Å². The molecule has 2 heterocycles. The summed E-state index contributed by atoms with van der Waals surface area (Å²) in [5.74, 6) is -0.929. The van der Waals surface area contributed by atoms with Gasteiger partial charge in [-0.25, -0.2) is 9.89 Å². The minimum atomic E-state index is -0.881. The number of hydrogen-bond donors (Lipinski definition) is 1. The fourth-order valence-corrected chi connectivity index (χ4v) is 2.73. The van der Waals surface area contributed by atoms with E-state index in [1.54, 1.807) is 36.1 Å². The first kappa shape index (κ1) is 15.2. The van der Waals surface area contributed by atoms with Gasteiger partial charge in [0.25, 0.3) is 11.5 Å². The first-order valence-electron chi connectivity index (χ1n) is 7.55. The van der Waals surface area contributed by atoms with Crippen LogP contribution in [0.4, 0.5) is 0 Å². The minimum Gasteiger partial charge on any atom is -0.448 e. The number of ether oxygens (including phenoxy) is 1. The summed E-state index contributed by atoms with van der Waals surface area (Å²) in [4.78, 5) is 37.9. The Labute approximate surface area is 132 Å². The maximum absolute atomic E-state index is 12.3. The van der Waals surface area contributed by atoms with Gasteiger partial charge in [0.1, 0.15) is 0 Å². The van der Waals surface area contributed by atoms with Crippen molar-refractivity contribution in [3.05, 3.63) is 40.3 Å². The first-order chi connectivity index (χ1) is 11.1. The standard InChI is InChI=1S/C16H17N3O4/c1-10(15(21)19-8-4-5-9-19)23-16(22)13-11-6-2-3-7-12(11)14(20)18-17-13/h2-3,6-7,10H,4-5,8-9H2,1H3,(H,18,20)/t10-/m1/s1. The number of carbonyl (C=O) groups excluding carboxylic acids is 2. The van der Waals surface area contributed by atoms with Crippen LogP contribution >= 0.6 is 0 Å². The van der Waals surface area contributed by atoms with Crippen LogP contribution in [0.5, 0.6) is 0 Å². The van der Waals surface area contributed by atoms with E-state index in [2.05, 4.69) is 10.2 Å². The lowest BCUT2D eigenvalue weighted by atomic mass is 10.1. The molecule has 1 amide bonds. The second-order valence-electron chi connectivity index (χ2n) is 5.53. The van der Waals surface area contributed by atoms with E-state index in [0.717, 1.165) is 12.8 Å². The minimum absolute atomic E-state index is 0.00118. The number of nitrogens with zero attached hydrogens (tertiary/aromatic N) is 2. The van der Waals surface area contributed by atoms with Crippen molar-refractivity contribution in [1.29, 1.82) is 0 Å². The molecule has 7 heteroatoms. The number of hydrogen-bond acceptors (Lipinski definition) is 5. The lowest BCUT2D eigenvalue weighted by Gasteiger charge is -2.20. The predicted molar refractivity (Wildman–Crippen MR) is 83.1 cm³/mol. The zero-order chi connectivity index (χ0) is 16.4. The summed E-state index contributed by atoms with van der Waals surface area (Å²) in [6, 6.07) is 6.64. The van der Waals surface area contributed by atoms with E-state index in [9.17, 15) is 14.4 Å². The lowest BCUT2D eigenvalue weighted by Crippen LogP contribution is -2.38. The molecule has 1 N–H and O–H groups in total. The number of nitrogens with one attached hydrogen (secondary N) is 1. The smallest absolute Gasteiger partial charge is 0.360 e. The van der Waals surface area contributed by atoms with Gasteiger partial charge in [-0.1, -0.05) is 18.2 Å². The third kappa shape index (κ3) is 2.94. The normalized spacial score (nSPS) is 15.6. The highest BCUT2D eigenvalue weighted by atomic mass is 16.5. The number of carbonyl (C=O) groups is 2. The van der Waals surface area contributed by atoms with Crippen molar-refractivity contribution >= 4 is 22.6 Å². The molecule has 3 rings (SSSR count). The van der Waals surface area contributed by atoms with E-state index in [-0.39, 0.29) is 17.2 Å². The maximum Gasteiger partial charge on any atom is 0.360 e. The van der Waals surface area contributed by atoms with E-state index >= 15 is 0 Å². The Morgan fingerprint density at radius 1 is 1.22 bits per heavy atom. The number of benzene rings is 1. The summed E-state index contributed by atoms with van der Waals surface area (Å²) >= 11 is 0. The van der Waals surface area contributed by atoms with Crippen molar-refractivity contribution in [3.63, 3.8) is 0 Å². The van der Waals surface area contributed by atoms with E-state index in [0.29, 0.717) is 23.9 Å². The fraction of sp³-hybridized carbons (Fsp3) is 0.375. The van der Waals surface area contributed by atoms with Crippen LogP contribution in [-0.2, 0) is 9.53 Å². The molecule has 0 radical (unpaired) electrons. The Balaban J connectivity index is 1.82. The van der Waals surface area contributed by atoms with E-state index in [1.165, 1.54) is 0 Å². The van der Waals surface area contributed by atoms with Gasteiger partial charge in [-0.15, -0.1) is 0 Å². The van der Waals surface area contributed by atoms with Crippen LogP contribution in [0, 0.1) is 0 Å². The molecule has 0 aliphatic carbocycles. The Morgan fingerprint density at radius 3 is 2.57 bits per heavy atom. The molecule has 0 spiro atoms. The van der Waals surface area contributed by atoms with E-state index < -0.39 is 12.1 Å². The van der Waals surface area contributed by atoms with E-state index in [4.69, 9.17) is 4.74 Å². The number of aromatic nitrogens is 2. The second kappa shape index (κ2) is 6.20. The highest BCUT2D eigenvalue weighted by Gasteiger charge is 2.27. The molecule has 7 nitrogen and oxygen atoms in total. The average Bonchev–Trinajstić information content (AvgIpc) is 3.09. The molecule has 0 saturated carbocycles. The third-order valence-corrected chi connectivity index (χ3v) is 3.94. The largest absolute Gasteiger partial charge is 0.448 e. The van der Waals surface area contributed by atoms with E-state index in [1.807, 2.05) is 0 Å². The van der Waals surface area contributed by atoms with Gasteiger partial charge < -0.3 is 9.64 Å². The van der Waals surface area contributed by atoms with Crippen LogP contribution in [0.2, 0.25) is 0 Å². The van der Waals surface area contributed by atoms with Gasteiger partial charge in [0.15, 0.2) is 11.8 Å². The molecule has 0 unspecified atom stereocenters. The second-order valence-corrected chi connectivity index (χ2v) is 5.53. The zero-order valence-electron chi connectivity index (χ0n) is 12.7. The van der Waals surface area contributed by atoms with Crippen LogP contribution in [-0.4, -0.2) is 46.2 Å². The summed E-state index contributed by atoms with van der Waals surface area (Å²) < 4.78 is 5.24. The summed E-state index contributed by atoms with van der Waals surface area (Å²) in [7, 11) is 0. The van der Waals surface area contributed by atoms with Gasteiger partial charge in [0.2, 0.25) is 0 Å². The summed E-state index contributed by atoms with van der Waals surface area (Å²) in [5.41, 5.74) is -0.375. The van der Waals surface area contributed by atoms with Crippen LogP contribution in [0.15, 0.2) is 29.1 Å². The van der Waals surface area contributed by atoms with Gasteiger partial charge in [-0.05, 0) is 25.8 Å². The molecule has 120 valence electrons. The molecule has 1 aromatic carbocycles. The topological polar surface area (TPSA) is 92.4 Å². The molecule has 2 aromatic rings. The van der Waals surface area contributed by atoms with Gasteiger partial charge in [0.05, 0.1) is 5.39 Å².